The van der Waals surface area contributed by atoms with Gasteiger partial charge in [-0.3, -0.25) is 0 Å². The number of aliphatic hydroxyl groups is 1. The zero-order chi connectivity index (χ0) is 14.8. The quantitative estimate of drug-likeness (QED) is 0.935. The normalized spacial score (nSPS) is 17.0. The van der Waals surface area contributed by atoms with Gasteiger partial charge in [0.1, 0.15) is 5.82 Å². The molecular weight excluding hydrogens is 266 g/mol. The molecule has 1 unspecified atom stereocenters. The van der Waals surface area contributed by atoms with Gasteiger partial charge in [-0.15, -0.1) is 0 Å². The molecule has 0 radical (unpaired) electrons. The summed E-state index contributed by atoms with van der Waals surface area (Å²) in [6.45, 7) is 5.67. The number of aryl methyl sites for hydroxylation is 1. The van der Waals surface area contributed by atoms with Crippen LogP contribution in [0.15, 0.2) is 18.3 Å². The minimum absolute atomic E-state index is 0.516. The SMILES string of the molecule is Cc1ccn(-c2nc(C(C)O)cc(N3CCCCC3)n2)n1. The Kier molecular flexibility index (Phi) is 3.88. The Morgan fingerprint density at radius 1 is 1.19 bits per heavy atom. The summed E-state index contributed by atoms with van der Waals surface area (Å²) in [5.74, 6) is 1.39. The monoisotopic (exact) mass is 287 g/mol. The average molecular weight is 287 g/mol. The third-order valence-corrected chi connectivity index (χ3v) is 3.76. The summed E-state index contributed by atoms with van der Waals surface area (Å²) in [4.78, 5) is 11.3. The van der Waals surface area contributed by atoms with Crippen LogP contribution in [0.4, 0.5) is 5.82 Å². The molecule has 0 amide bonds. The Morgan fingerprint density at radius 3 is 2.57 bits per heavy atom. The lowest BCUT2D eigenvalue weighted by Gasteiger charge is -2.28. The summed E-state index contributed by atoms with van der Waals surface area (Å²) in [7, 11) is 0. The predicted octanol–water partition coefficient (Wildman–Crippen LogP) is 2.01. The van der Waals surface area contributed by atoms with Crippen LogP contribution < -0.4 is 4.90 Å². The van der Waals surface area contributed by atoms with E-state index in [-0.39, 0.29) is 0 Å². The van der Waals surface area contributed by atoms with Gasteiger partial charge in [0, 0.05) is 25.4 Å². The largest absolute Gasteiger partial charge is 0.387 e. The molecule has 6 heteroatoms. The van der Waals surface area contributed by atoms with Crippen molar-refractivity contribution < 1.29 is 5.11 Å². The highest BCUT2D eigenvalue weighted by molar-refractivity contribution is 5.42. The van der Waals surface area contributed by atoms with E-state index in [1.807, 2.05) is 25.3 Å². The van der Waals surface area contributed by atoms with Gasteiger partial charge in [-0.25, -0.2) is 9.67 Å². The van der Waals surface area contributed by atoms with Crippen LogP contribution in [0.25, 0.3) is 5.95 Å². The van der Waals surface area contributed by atoms with Crippen LogP contribution >= 0.6 is 0 Å². The van der Waals surface area contributed by atoms with Crippen molar-refractivity contribution in [3.63, 3.8) is 0 Å². The van der Waals surface area contributed by atoms with Crippen molar-refractivity contribution in [2.45, 2.75) is 39.2 Å². The number of piperidine rings is 1. The second kappa shape index (κ2) is 5.81. The molecule has 2 aromatic rings. The zero-order valence-electron chi connectivity index (χ0n) is 12.5. The van der Waals surface area contributed by atoms with E-state index in [2.05, 4.69) is 20.0 Å². The van der Waals surface area contributed by atoms with Gasteiger partial charge >= 0.3 is 0 Å². The van der Waals surface area contributed by atoms with Gasteiger partial charge in [0.25, 0.3) is 5.95 Å². The fourth-order valence-electron chi connectivity index (χ4n) is 2.57. The third kappa shape index (κ3) is 3.05. The van der Waals surface area contributed by atoms with E-state index in [4.69, 9.17) is 0 Å². The minimum atomic E-state index is -0.619. The molecule has 112 valence electrons. The van der Waals surface area contributed by atoms with Crippen molar-refractivity contribution >= 4 is 5.82 Å². The molecule has 21 heavy (non-hydrogen) atoms. The standard InChI is InChI=1S/C15H21N5O/c1-11-6-9-20(18-11)15-16-13(12(2)21)10-14(17-15)19-7-4-3-5-8-19/h6,9-10,12,21H,3-5,7-8H2,1-2H3. The van der Waals surface area contributed by atoms with Crippen molar-refractivity contribution in [1.82, 2.24) is 19.7 Å². The van der Waals surface area contributed by atoms with Gasteiger partial charge in [0.15, 0.2) is 0 Å². The van der Waals surface area contributed by atoms with Crippen LogP contribution in [0.3, 0.4) is 0 Å². The minimum Gasteiger partial charge on any atom is -0.387 e. The van der Waals surface area contributed by atoms with E-state index in [1.54, 1.807) is 11.6 Å². The van der Waals surface area contributed by atoms with E-state index < -0.39 is 6.10 Å². The van der Waals surface area contributed by atoms with Crippen LogP contribution in [0, 0.1) is 6.92 Å². The molecule has 3 heterocycles. The number of anilines is 1. The van der Waals surface area contributed by atoms with E-state index in [1.165, 1.54) is 19.3 Å². The number of nitrogens with zero attached hydrogens (tertiary/aromatic N) is 5. The number of hydrogen-bond donors (Lipinski definition) is 1. The molecule has 1 saturated heterocycles. The lowest BCUT2D eigenvalue weighted by Crippen LogP contribution is -2.30. The van der Waals surface area contributed by atoms with E-state index in [0.717, 1.165) is 24.6 Å². The van der Waals surface area contributed by atoms with E-state index >= 15 is 0 Å². The molecular formula is C15H21N5O. The highest BCUT2D eigenvalue weighted by Crippen LogP contribution is 2.22. The first-order valence-corrected chi connectivity index (χ1v) is 7.48. The van der Waals surface area contributed by atoms with Crippen LogP contribution in [0.5, 0.6) is 0 Å². The highest BCUT2D eigenvalue weighted by Gasteiger charge is 2.17. The molecule has 1 aliphatic rings. The smallest absolute Gasteiger partial charge is 0.252 e. The second-order valence-electron chi connectivity index (χ2n) is 5.58. The van der Waals surface area contributed by atoms with Crippen LogP contribution in [-0.4, -0.2) is 37.9 Å². The number of rotatable bonds is 3. The lowest BCUT2D eigenvalue weighted by molar-refractivity contribution is 0.194. The summed E-state index contributed by atoms with van der Waals surface area (Å²) in [6, 6.07) is 3.80. The molecule has 0 aromatic carbocycles. The fraction of sp³-hybridized carbons (Fsp3) is 0.533. The molecule has 1 atom stereocenters. The lowest BCUT2D eigenvalue weighted by atomic mass is 10.1. The Bertz CT molecular complexity index is 616. The first-order valence-electron chi connectivity index (χ1n) is 7.48. The summed E-state index contributed by atoms with van der Waals surface area (Å²) in [5.41, 5.74) is 1.55. The summed E-state index contributed by atoms with van der Waals surface area (Å²) < 4.78 is 1.66. The molecule has 0 bridgehead atoms. The molecule has 0 spiro atoms. The van der Waals surface area contributed by atoms with Crippen LogP contribution in [0.2, 0.25) is 0 Å². The maximum Gasteiger partial charge on any atom is 0.252 e. The van der Waals surface area contributed by atoms with Gasteiger partial charge in [-0.05, 0) is 39.2 Å². The Hall–Kier alpha value is -1.95. The highest BCUT2D eigenvalue weighted by atomic mass is 16.3. The van der Waals surface area contributed by atoms with E-state index in [0.29, 0.717) is 11.6 Å². The molecule has 2 aromatic heterocycles. The van der Waals surface area contributed by atoms with Gasteiger partial charge < -0.3 is 10.0 Å². The average Bonchev–Trinajstić information content (AvgIpc) is 2.94. The molecule has 0 saturated carbocycles. The molecule has 6 nitrogen and oxygen atoms in total. The maximum atomic E-state index is 9.88. The van der Waals surface area contributed by atoms with Crippen molar-refractivity contribution in [3.05, 3.63) is 29.7 Å². The summed E-state index contributed by atoms with van der Waals surface area (Å²) in [5, 5.41) is 14.2. The summed E-state index contributed by atoms with van der Waals surface area (Å²) in [6.07, 6.45) is 4.87. The first kappa shape index (κ1) is 14.0. The molecule has 3 rings (SSSR count). The number of aromatic nitrogens is 4. The number of aliphatic hydroxyl groups excluding tert-OH is 1. The van der Waals surface area contributed by atoms with Gasteiger partial charge in [-0.1, -0.05) is 0 Å². The van der Waals surface area contributed by atoms with Crippen molar-refractivity contribution in [2.75, 3.05) is 18.0 Å². The van der Waals surface area contributed by atoms with Crippen molar-refractivity contribution in [3.8, 4) is 5.95 Å². The first-order chi connectivity index (χ1) is 10.1. The van der Waals surface area contributed by atoms with E-state index in [9.17, 15) is 5.11 Å². The molecule has 1 aliphatic heterocycles. The van der Waals surface area contributed by atoms with Gasteiger partial charge in [-0.2, -0.15) is 10.1 Å². The molecule has 1 fully saturated rings. The Labute approximate surface area is 124 Å². The maximum absolute atomic E-state index is 9.88. The Morgan fingerprint density at radius 2 is 1.95 bits per heavy atom. The molecule has 1 N–H and O–H groups in total. The second-order valence-corrected chi connectivity index (χ2v) is 5.58. The molecule has 0 aliphatic carbocycles. The van der Waals surface area contributed by atoms with Gasteiger partial charge in [0.05, 0.1) is 17.5 Å². The summed E-state index contributed by atoms with van der Waals surface area (Å²) >= 11 is 0. The van der Waals surface area contributed by atoms with Crippen molar-refractivity contribution in [2.24, 2.45) is 0 Å². The topological polar surface area (TPSA) is 67.1 Å². The predicted molar refractivity (Wildman–Crippen MR) is 80.6 cm³/mol. The van der Waals surface area contributed by atoms with Crippen molar-refractivity contribution in [1.29, 1.82) is 0 Å². The van der Waals surface area contributed by atoms with Crippen LogP contribution in [-0.2, 0) is 0 Å². The van der Waals surface area contributed by atoms with Crippen LogP contribution in [0.1, 0.15) is 43.7 Å². The zero-order valence-corrected chi connectivity index (χ0v) is 12.5. The fourth-order valence-corrected chi connectivity index (χ4v) is 2.57. The van der Waals surface area contributed by atoms with Gasteiger partial charge in [0.2, 0.25) is 0 Å². The third-order valence-electron chi connectivity index (χ3n) is 3.76. The Balaban J connectivity index is 2.01. The number of hydrogen-bond acceptors (Lipinski definition) is 5.